The van der Waals surface area contributed by atoms with Gasteiger partial charge in [-0.1, -0.05) is 30.3 Å². The molecule has 6 nitrogen and oxygen atoms in total. The van der Waals surface area contributed by atoms with Gasteiger partial charge in [-0.2, -0.15) is 10.1 Å². The Labute approximate surface area is 139 Å². The van der Waals surface area contributed by atoms with E-state index in [1.54, 1.807) is 31.4 Å². The lowest BCUT2D eigenvalue weighted by atomic mass is 10.1. The standard InChI is InChI=1S/C18H17N3O3/c1-24-15-9-7-13(8-10-15)11-17(22)19-16-12-18(23)21(20-16)14-5-3-2-4-6-14/h2-10H,11-12H2,1H3,(H,19,20,22). The molecule has 0 bridgehead atoms. The normalized spacial score (nSPS) is 13.6. The number of hydrazone groups is 1. The van der Waals surface area contributed by atoms with Crippen LogP contribution in [0.15, 0.2) is 59.7 Å². The molecule has 0 aromatic heterocycles. The molecule has 0 saturated heterocycles. The second kappa shape index (κ2) is 6.95. The largest absolute Gasteiger partial charge is 0.497 e. The van der Waals surface area contributed by atoms with Gasteiger partial charge in [0, 0.05) is 0 Å². The Morgan fingerprint density at radius 3 is 2.54 bits per heavy atom. The number of benzene rings is 2. The van der Waals surface area contributed by atoms with Crippen LogP contribution < -0.4 is 15.1 Å². The predicted octanol–water partition coefficient (Wildman–Crippen LogP) is 2.10. The molecule has 0 aliphatic carbocycles. The third-order valence-electron chi connectivity index (χ3n) is 3.58. The zero-order valence-corrected chi connectivity index (χ0v) is 13.2. The molecule has 122 valence electrons. The lowest BCUT2D eigenvalue weighted by Crippen LogP contribution is -2.31. The Bertz CT molecular complexity index is 770. The number of carbonyl (C=O) groups is 2. The number of carbonyl (C=O) groups excluding carboxylic acids is 2. The minimum Gasteiger partial charge on any atom is -0.497 e. The van der Waals surface area contributed by atoms with Crippen molar-refractivity contribution in [1.82, 2.24) is 5.32 Å². The SMILES string of the molecule is COc1ccc(CC(=O)NC2=NN(c3ccccc3)C(=O)C2)cc1. The van der Waals surface area contributed by atoms with Crippen LogP contribution in [-0.2, 0) is 16.0 Å². The summed E-state index contributed by atoms with van der Waals surface area (Å²) in [6, 6.07) is 16.4. The van der Waals surface area contributed by atoms with Gasteiger partial charge in [0.1, 0.15) is 11.6 Å². The van der Waals surface area contributed by atoms with E-state index in [1.165, 1.54) is 5.01 Å². The van der Waals surface area contributed by atoms with Crippen molar-refractivity contribution in [3.8, 4) is 5.75 Å². The molecule has 0 radical (unpaired) electrons. The Morgan fingerprint density at radius 1 is 1.17 bits per heavy atom. The highest BCUT2D eigenvalue weighted by Gasteiger charge is 2.26. The Kier molecular flexibility index (Phi) is 4.56. The van der Waals surface area contributed by atoms with E-state index in [9.17, 15) is 9.59 Å². The van der Waals surface area contributed by atoms with Crippen molar-refractivity contribution in [3.63, 3.8) is 0 Å². The molecular formula is C18H17N3O3. The van der Waals surface area contributed by atoms with Crippen molar-refractivity contribution in [2.24, 2.45) is 5.10 Å². The molecule has 3 rings (SSSR count). The van der Waals surface area contributed by atoms with Crippen molar-refractivity contribution in [3.05, 3.63) is 60.2 Å². The van der Waals surface area contributed by atoms with Gasteiger partial charge in [-0.05, 0) is 29.8 Å². The zero-order chi connectivity index (χ0) is 16.9. The molecule has 24 heavy (non-hydrogen) atoms. The monoisotopic (exact) mass is 323 g/mol. The van der Waals surface area contributed by atoms with E-state index in [0.717, 1.165) is 11.3 Å². The van der Waals surface area contributed by atoms with Crippen LogP contribution in [0, 0.1) is 0 Å². The first-order valence-corrected chi connectivity index (χ1v) is 7.54. The molecule has 1 aliphatic heterocycles. The molecule has 1 heterocycles. The highest BCUT2D eigenvalue weighted by Crippen LogP contribution is 2.19. The van der Waals surface area contributed by atoms with E-state index < -0.39 is 0 Å². The maximum atomic E-state index is 12.1. The van der Waals surface area contributed by atoms with Crippen LogP contribution >= 0.6 is 0 Å². The van der Waals surface area contributed by atoms with E-state index in [1.807, 2.05) is 30.3 Å². The van der Waals surface area contributed by atoms with E-state index >= 15 is 0 Å². The molecule has 2 aromatic rings. The topological polar surface area (TPSA) is 71.0 Å². The fourth-order valence-electron chi connectivity index (χ4n) is 2.40. The van der Waals surface area contributed by atoms with Crippen molar-refractivity contribution >= 4 is 23.3 Å². The number of nitrogens with one attached hydrogen (secondary N) is 1. The van der Waals surface area contributed by atoms with Gasteiger partial charge >= 0.3 is 0 Å². The third-order valence-corrected chi connectivity index (χ3v) is 3.58. The average molecular weight is 323 g/mol. The first-order valence-electron chi connectivity index (χ1n) is 7.54. The number of para-hydroxylation sites is 1. The number of hydrogen-bond acceptors (Lipinski definition) is 4. The first-order chi connectivity index (χ1) is 11.7. The van der Waals surface area contributed by atoms with Gasteiger partial charge in [0.15, 0.2) is 0 Å². The molecule has 0 atom stereocenters. The van der Waals surface area contributed by atoms with Crippen LogP contribution in [0.2, 0.25) is 0 Å². The smallest absolute Gasteiger partial charge is 0.255 e. The summed E-state index contributed by atoms with van der Waals surface area (Å²) < 4.78 is 5.08. The Balaban J connectivity index is 1.63. The maximum absolute atomic E-state index is 12.1. The third kappa shape index (κ3) is 3.60. The molecule has 6 heteroatoms. The minimum absolute atomic E-state index is 0.0866. The summed E-state index contributed by atoms with van der Waals surface area (Å²) in [6.07, 6.45) is 0.297. The van der Waals surface area contributed by atoms with E-state index in [-0.39, 0.29) is 24.7 Å². The van der Waals surface area contributed by atoms with Crippen molar-refractivity contribution < 1.29 is 14.3 Å². The van der Waals surface area contributed by atoms with E-state index in [2.05, 4.69) is 10.4 Å². The van der Waals surface area contributed by atoms with Gasteiger partial charge in [0.05, 0.1) is 25.6 Å². The number of amides is 2. The number of ether oxygens (including phenoxy) is 1. The Morgan fingerprint density at radius 2 is 1.88 bits per heavy atom. The summed E-state index contributed by atoms with van der Waals surface area (Å²) in [5.74, 6) is 0.730. The molecule has 0 saturated carbocycles. The lowest BCUT2D eigenvalue weighted by molar-refractivity contribution is -0.119. The Hall–Kier alpha value is -3.15. The van der Waals surface area contributed by atoms with Crippen molar-refractivity contribution in [2.75, 3.05) is 12.1 Å². The van der Waals surface area contributed by atoms with E-state index in [0.29, 0.717) is 11.5 Å². The second-order valence-electron chi connectivity index (χ2n) is 5.34. The second-order valence-corrected chi connectivity index (χ2v) is 5.34. The highest BCUT2D eigenvalue weighted by molar-refractivity contribution is 6.15. The van der Waals surface area contributed by atoms with Crippen molar-refractivity contribution in [2.45, 2.75) is 12.8 Å². The summed E-state index contributed by atoms with van der Waals surface area (Å²) in [5, 5.41) is 8.21. The maximum Gasteiger partial charge on any atom is 0.255 e. The number of anilines is 1. The molecule has 0 unspecified atom stereocenters. The van der Waals surface area contributed by atoms with Crippen LogP contribution in [0.1, 0.15) is 12.0 Å². The summed E-state index contributed by atoms with van der Waals surface area (Å²) in [5.41, 5.74) is 1.54. The molecule has 0 fully saturated rings. The summed E-state index contributed by atoms with van der Waals surface area (Å²) in [6.45, 7) is 0. The van der Waals surface area contributed by atoms with E-state index in [4.69, 9.17) is 4.74 Å². The van der Waals surface area contributed by atoms with Gasteiger partial charge in [-0.3, -0.25) is 9.59 Å². The summed E-state index contributed by atoms with van der Waals surface area (Å²) in [4.78, 5) is 24.2. The summed E-state index contributed by atoms with van der Waals surface area (Å²) >= 11 is 0. The van der Waals surface area contributed by atoms with Crippen LogP contribution in [0.3, 0.4) is 0 Å². The summed E-state index contributed by atoms with van der Waals surface area (Å²) in [7, 11) is 1.59. The molecule has 1 aliphatic rings. The quantitative estimate of drug-likeness (QED) is 0.937. The van der Waals surface area contributed by atoms with Gasteiger partial charge in [0.25, 0.3) is 5.91 Å². The van der Waals surface area contributed by atoms with Gasteiger partial charge in [0.2, 0.25) is 5.91 Å². The number of rotatable bonds is 4. The van der Waals surface area contributed by atoms with Crippen LogP contribution in [0.5, 0.6) is 5.75 Å². The minimum atomic E-state index is -0.207. The van der Waals surface area contributed by atoms with Crippen LogP contribution in [0.25, 0.3) is 0 Å². The molecule has 2 aromatic carbocycles. The van der Waals surface area contributed by atoms with Crippen molar-refractivity contribution in [1.29, 1.82) is 0 Å². The highest BCUT2D eigenvalue weighted by atomic mass is 16.5. The fourth-order valence-corrected chi connectivity index (χ4v) is 2.40. The average Bonchev–Trinajstić information content (AvgIpc) is 2.96. The predicted molar refractivity (Wildman–Crippen MR) is 90.8 cm³/mol. The molecule has 1 N–H and O–H groups in total. The van der Waals surface area contributed by atoms with Crippen LogP contribution in [0.4, 0.5) is 5.69 Å². The first kappa shape index (κ1) is 15.7. The number of amidine groups is 1. The van der Waals surface area contributed by atoms with Gasteiger partial charge in [-0.15, -0.1) is 0 Å². The number of hydrogen-bond donors (Lipinski definition) is 1. The zero-order valence-electron chi connectivity index (χ0n) is 13.2. The van der Waals surface area contributed by atoms with Gasteiger partial charge < -0.3 is 10.1 Å². The number of nitrogens with zero attached hydrogens (tertiary/aromatic N) is 2. The number of methoxy groups -OCH3 is 1. The molecule has 0 spiro atoms. The fraction of sp³-hybridized carbons (Fsp3) is 0.167. The van der Waals surface area contributed by atoms with Gasteiger partial charge in [-0.25, -0.2) is 0 Å². The molecular weight excluding hydrogens is 306 g/mol. The van der Waals surface area contributed by atoms with Crippen LogP contribution in [-0.4, -0.2) is 24.8 Å². The molecule has 2 amide bonds. The lowest BCUT2D eigenvalue weighted by Gasteiger charge is -2.10.